The van der Waals surface area contributed by atoms with Gasteiger partial charge in [-0.25, -0.2) is 4.39 Å². The molecule has 2 aromatic carbocycles. The molecule has 7 heteroatoms. The summed E-state index contributed by atoms with van der Waals surface area (Å²) in [7, 11) is 0. The van der Waals surface area contributed by atoms with Crippen LogP contribution in [0.1, 0.15) is 5.56 Å². The van der Waals surface area contributed by atoms with Crippen LogP contribution in [0.3, 0.4) is 0 Å². The summed E-state index contributed by atoms with van der Waals surface area (Å²) in [5, 5.41) is 9.23. The number of phenolic OH excluding ortho intramolecular Hbond substituents is 1. The van der Waals surface area contributed by atoms with Crippen LogP contribution in [0.4, 0.5) is 10.1 Å². The van der Waals surface area contributed by atoms with Gasteiger partial charge in [0, 0.05) is 26.2 Å². The molecule has 2 aromatic rings. The van der Waals surface area contributed by atoms with E-state index in [-0.39, 0.29) is 30.5 Å². The number of hydrogen-bond donors (Lipinski definition) is 1. The van der Waals surface area contributed by atoms with Crippen LogP contribution >= 0.6 is 0 Å². The fourth-order valence-corrected chi connectivity index (χ4v) is 2.97. The number of amides is 1. The normalized spacial score (nSPS) is 14.1. The van der Waals surface area contributed by atoms with Gasteiger partial charge in [-0.1, -0.05) is 24.3 Å². The lowest BCUT2D eigenvalue weighted by Crippen LogP contribution is -2.50. The van der Waals surface area contributed by atoms with E-state index in [2.05, 4.69) is 0 Å². The Balaban J connectivity index is 1.43. The number of para-hydroxylation sites is 1. The summed E-state index contributed by atoms with van der Waals surface area (Å²) in [5.74, 6) is -0.918. The molecule has 1 heterocycles. The van der Waals surface area contributed by atoms with Crippen LogP contribution in [0.2, 0.25) is 0 Å². The Morgan fingerprint density at radius 1 is 1.00 bits per heavy atom. The quantitative estimate of drug-likeness (QED) is 0.813. The van der Waals surface area contributed by atoms with Crippen molar-refractivity contribution in [3.05, 3.63) is 59.9 Å². The van der Waals surface area contributed by atoms with Crippen molar-refractivity contribution in [3.8, 4) is 5.75 Å². The number of rotatable bonds is 5. The summed E-state index contributed by atoms with van der Waals surface area (Å²) < 4.78 is 18.9. The zero-order chi connectivity index (χ0) is 19.2. The van der Waals surface area contributed by atoms with E-state index in [1.807, 2.05) is 4.90 Å². The first-order valence-corrected chi connectivity index (χ1v) is 8.74. The molecule has 3 rings (SSSR count). The van der Waals surface area contributed by atoms with Gasteiger partial charge in [-0.2, -0.15) is 0 Å². The third kappa shape index (κ3) is 4.97. The first-order chi connectivity index (χ1) is 13.0. The van der Waals surface area contributed by atoms with E-state index in [0.29, 0.717) is 37.4 Å². The molecule has 1 N–H and O–H groups in total. The summed E-state index contributed by atoms with van der Waals surface area (Å²) in [6.45, 7) is 1.63. The monoisotopic (exact) mass is 372 g/mol. The van der Waals surface area contributed by atoms with Gasteiger partial charge in [0.15, 0.2) is 6.61 Å². The summed E-state index contributed by atoms with van der Waals surface area (Å²) in [6, 6.07) is 12.8. The van der Waals surface area contributed by atoms with Crippen molar-refractivity contribution in [2.75, 3.05) is 37.7 Å². The van der Waals surface area contributed by atoms with E-state index in [0.717, 1.165) is 0 Å². The average molecular weight is 372 g/mol. The highest BCUT2D eigenvalue weighted by atomic mass is 19.1. The number of aromatic hydroxyl groups is 1. The number of ether oxygens (including phenoxy) is 1. The molecule has 0 saturated carbocycles. The van der Waals surface area contributed by atoms with Gasteiger partial charge < -0.3 is 19.6 Å². The minimum atomic E-state index is -0.501. The Kier molecular flexibility index (Phi) is 5.90. The predicted molar refractivity (Wildman–Crippen MR) is 98.0 cm³/mol. The van der Waals surface area contributed by atoms with Gasteiger partial charge in [-0.15, -0.1) is 0 Å². The summed E-state index contributed by atoms with van der Waals surface area (Å²) in [4.78, 5) is 27.6. The highest BCUT2D eigenvalue weighted by Crippen LogP contribution is 2.20. The molecule has 1 fully saturated rings. The Bertz CT molecular complexity index is 802. The number of esters is 1. The standard InChI is InChI=1S/C20H21FN2O4/c21-17-3-1-2-4-18(17)22-9-11-23(12-10-22)19(25)14-27-20(26)13-15-5-7-16(24)8-6-15/h1-8,24H,9-14H2. The molecule has 0 unspecified atom stereocenters. The van der Waals surface area contributed by atoms with Crippen molar-refractivity contribution in [2.45, 2.75) is 6.42 Å². The highest BCUT2D eigenvalue weighted by Gasteiger charge is 2.23. The first kappa shape index (κ1) is 18.7. The number of halogens is 1. The Hall–Kier alpha value is -3.09. The Morgan fingerprint density at radius 3 is 2.33 bits per heavy atom. The van der Waals surface area contributed by atoms with Crippen LogP contribution in [0.25, 0.3) is 0 Å². The average Bonchev–Trinajstić information content (AvgIpc) is 2.68. The maximum absolute atomic E-state index is 13.8. The van der Waals surface area contributed by atoms with E-state index >= 15 is 0 Å². The van der Waals surface area contributed by atoms with Crippen LogP contribution in [0.15, 0.2) is 48.5 Å². The van der Waals surface area contributed by atoms with E-state index < -0.39 is 5.97 Å². The number of anilines is 1. The molecule has 0 radical (unpaired) electrons. The second-order valence-electron chi connectivity index (χ2n) is 6.32. The van der Waals surface area contributed by atoms with Gasteiger partial charge >= 0.3 is 5.97 Å². The number of nitrogens with zero attached hydrogens (tertiary/aromatic N) is 2. The predicted octanol–water partition coefficient (Wildman–Crippen LogP) is 1.97. The molecule has 0 aliphatic carbocycles. The van der Waals surface area contributed by atoms with Gasteiger partial charge in [-0.05, 0) is 29.8 Å². The Morgan fingerprint density at radius 2 is 1.67 bits per heavy atom. The molecule has 0 spiro atoms. The number of carbonyl (C=O) groups is 2. The zero-order valence-electron chi connectivity index (χ0n) is 14.8. The smallest absolute Gasteiger partial charge is 0.310 e. The number of piperazine rings is 1. The second-order valence-corrected chi connectivity index (χ2v) is 6.32. The molecular weight excluding hydrogens is 351 g/mol. The van der Waals surface area contributed by atoms with Gasteiger partial charge in [0.05, 0.1) is 12.1 Å². The van der Waals surface area contributed by atoms with Crippen molar-refractivity contribution < 1.29 is 23.8 Å². The molecule has 6 nitrogen and oxygen atoms in total. The van der Waals surface area contributed by atoms with Crippen LogP contribution in [0, 0.1) is 5.82 Å². The minimum Gasteiger partial charge on any atom is -0.508 e. The van der Waals surface area contributed by atoms with Crippen LogP contribution in [-0.2, 0) is 20.7 Å². The Labute approximate surface area is 156 Å². The first-order valence-electron chi connectivity index (χ1n) is 8.74. The zero-order valence-corrected chi connectivity index (χ0v) is 14.8. The molecule has 1 aliphatic rings. The second kappa shape index (κ2) is 8.53. The van der Waals surface area contributed by atoms with Crippen molar-refractivity contribution in [3.63, 3.8) is 0 Å². The molecule has 142 valence electrons. The number of phenols is 1. The largest absolute Gasteiger partial charge is 0.508 e. The van der Waals surface area contributed by atoms with Gasteiger partial charge in [-0.3, -0.25) is 9.59 Å². The summed E-state index contributed by atoms with van der Waals surface area (Å²) >= 11 is 0. The lowest BCUT2D eigenvalue weighted by molar-refractivity contribution is -0.151. The van der Waals surface area contributed by atoms with Gasteiger partial charge in [0.1, 0.15) is 11.6 Å². The third-order valence-corrected chi connectivity index (χ3v) is 4.47. The maximum Gasteiger partial charge on any atom is 0.310 e. The summed E-state index contributed by atoms with van der Waals surface area (Å²) in [5.41, 5.74) is 1.23. The lowest BCUT2D eigenvalue weighted by atomic mass is 10.1. The van der Waals surface area contributed by atoms with E-state index in [9.17, 15) is 19.1 Å². The number of hydrogen-bond acceptors (Lipinski definition) is 5. The molecule has 1 amide bonds. The molecule has 1 aliphatic heterocycles. The molecule has 0 aromatic heterocycles. The van der Waals surface area contributed by atoms with Crippen molar-refractivity contribution >= 4 is 17.6 Å². The van der Waals surface area contributed by atoms with Crippen molar-refractivity contribution in [2.24, 2.45) is 0 Å². The maximum atomic E-state index is 13.8. The summed E-state index contributed by atoms with van der Waals surface area (Å²) in [6.07, 6.45) is 0.0363. The fourth-order valence-electron chi connectivity index (χ4n) is 2.97. The van der Waals surface area contributed by atoms with Gasteiger partial charge in [0.25, 0.3) is 5.91 Å². The lowest BCUT2D eigenvalue weighted by Gasteiger charge is -2.36. The minimum absolute atomic E-state index is 0.0363. The molecule has 0 atom stereocenters. The van der Waals surface area contributed by atoms with Crippen LogP contribution in [-0.4, -0.2) is 54.7 Å². The molecule has 1 saturated heterocycles. The fraction of sp³-hybridized carbons (Fsp3) is 0.300. The third-order valence-electron chi connectivity index (χ3n) is 4.47. The van der Waals surface area contributed by atoms with Crippen LogP contribution < -0.4 is 4.90 Å². The van der Waals surface area contributed by atoms with E-state index in [4.69, 9.17) is 4.74 Å². The van der Waals surface area contributed by atoms with E-state index in [1.54, 1.807) is 35.2 Å². The number of carbonyl (C=O) groups excluding carboxylic acids is 2. The van der Waals surface area contributed by atoms with Gasteiger partial charge in [0.2, 0.25) is 0 Å². The topological polar surface area (TPSA) is 70.1 Å². The van der Waals surface area contributed by atoms with Crippen molar-refractivity contribution in [1.29, 1.82) is 0 Å². The molecule has 0 bridgehead atoms. The van der Waals surface area contributed by atoms with Crippen molar-refractivity contribution in [1.82, 2.24) is 4.90 Å². The highest BCUT2D eigenvalue weighted by molar-refractivity contribution is 5.81. The van der Waals surface area contributed by atoms with E-state index in [1.165, 1.54) is 18.2 Å². The molecule has 27 heavy (non-hydrogen) atoms. The van der Waals surface area contributed by atoms with Crippen LogP contribution in [0.5, 0.6) is 5.75 Å². The number of benzene rings is 2. The molecular formula is C20H21FN2O4. The SMILES string of the molecule is O=C(Cc1ccc(O)cc1)OCC(=O)N1CCN(c2ccccc2F)CC1.